The highest BCUT2D eigenvalue weighted by atomic mass is 19.1. The summed E-state index contributed by atoms with van der Waals surface area (Å²) in [6, 6.07) is 12.4. The van der Waals surface area contributed by atoms with Gasteiger partial charge in [-0.15, -0.1) is 0 Å². The topological polar surface area (TPSA) is 70.2 Å². The van der Waals surface area contributed by atoms with Crippen molar-refractivity contribution in [2.45, 2.75) is 24.9 Å². The molecule has 0 unspecified atom stereocenters. The lowest BCUT2D eigenvalue weighted by Crippen LogP contribution is -2.62. The van der Waals surface area contributed by atoms with Gasteiger partial charge < -0.3 is 16.0 Å². The molecule has 0 aromatic heterocycles. The Bertz CT molecular complexity index is 1180. The molecule has 32 heavy (non-hydrogen) atoms. The van der Waals surface area contributed by atoms with Crippen molar-refractivity contribution < 1.29 is 22.8 Å². The van der Waals surface area contributed by atoms with Gasteiger partial charge in [0.2, 0.25) is 5.91 Å². The molecule has 1 heterocycles. The third-order valence-electron chi connectivity index (χ3n) is 5.81. The van der Waals surface area contributed by atoms with E-state index < -0.39 is 34.8 Å². The summed E-state index contributed by atoms with van der Waals surface area (Å²) in [4.78, 5) is 26.3. The van der Waals surface area contributed by atoms with Gasteiger partial charge in [-0.3, -0.25) is 9.59 Å². The van der Waals surface area contributed by atoms with Gasteiger partial charge in [0.1, 0.15) is 23.0 Å². The number of halogens is 3. The van der Waals surface area contributed by atoms with Crippen LogP contribution in [0.3, 0.4) is 0 Å². The zero-order chi connectivity index (χ0) is 22.7. The summed E-state index contributed by atoms with van der Waals surface area (Å²) in [5.41, 5.74) is -0.814. The predicted octanol–water partition coefficient (Wildman–Crippen LogP) is 3.43. The number of piperidine rings is 1. The van der Waals surface area contributed by atoms with Crippen LogP contribution in [0.4, 0.5) is 13.2 Å². The number of hydrogen-bond donors (Lipinski definition) is 3. The molecule has 1 saturated heterocycles. The SMILES string of the molecule is O=C(NC1(C(=O)NCc2ccc(F)cc2F)CCNCC1)c1ccc(F)c2ccccc12. The van der Waals surface area contributed by atoms with Crippen LogP contribution in [0.1, 0.15) is 28.8 Å². The van der Waals surface area contributed by atoms with E-state index in [0.29, 0.717) is 36.7 Å². The van der Waals surface area contributed by atoms with Crippen LogP contribution in [0.2, 0.25) is 0 Å². The van der Waals surface area contributed by atoms with Crippen molar-refractivity contribution in [2.24, 2.45) is 0 Å². The number of carbonyl (C=O) groups excluding carboxylic acids is 2. The molecule has 1 fully saturated rings. The first-order valence-corrected chi connectivity index (χ1v) is 10.3. The van der Waals surface area contributed by atoms with Gasteiger partial charge in [0.05, 0.1) is 0 Å². The molecular formula is C24H22F3N3O2. The van der Waals surface area contributed by atoms with E-state index in [1.54, 1.807) is 24.3 Å². The number of nitrogens with one attached hydrogen (secondary N) is 3. The molecule has 0 saturated carbocycles. The van der Waals surface area contributed by atoms with Gasteiger partial charge in [0.25, 0.3) is 5.91 Å². The Balaban J connectivity index is 1.57. The molecule has 0 bridgehead atoms. The highest BCUT2D eigenvalue weighted by molar-refractivity contribution is 6.09. The number of carbonyl (C=O) groups is 2. The second kappa shape index (κ2) is 9.00. The first kappa shape index (κ1) is 21.8. The maximum absolute atomic E-state index is 14.2. The molecule has 0 atom stereocenters. The van der Waals surface area contributed by atoms with Crippen molar-refractivity contribution in [1.82, 2.24) is 16.0 Å². The molecule has 1 aliphatic heterocycles. The van der Waals surface area contributed by atoms with Crippen LogP contribution in [-0.2, 0) is 11.3 Å². The Kier molecular flexibility index (Phi) is 6.14. The third-order valence-corrected chi connectivity index (χ3v) is 5.81. The van der Waals surface area contributed by atoms with Crippen LogP contribution in [-0.4, -0.2) is 30.4 Å². The first-order chi connectivity index (χ1) is 15.4. The lowest BCUT2D eigenvalue weighted by atomic mass is 9.86. The highest BCUT2D eigenvalue weighted by Crippen LogP contribution is 2.25. The van der Waals surface area contributed by atoms with Gasteiger partial charge in [-0.2, -0.15) is 0 Å². The van der Waals surface area contributed by atoms with E-state index in [0.717, 1.165) is 12.1 Å². The fraction of sp³-hybridized carbons (Fsp3) is 0.250. The van der Waals surface area contributed by atoms with Crippen molar-refractivity contribution in [3.8, 4) is 0 Å². The summed E-state index contributed by atoms with van der Waals surface area (Å²) in [7, 11) is 0. The van der Waals surface area contributed by atoms with E-state index in [9.17, 15) is 22.8 Å². The quantitative estimate of drug-likeness (QED) is 0.568. The van der Waals surface area contributed by atoms with E-state index >= 15 is 0 Å². The van der Waals surface area contributed by atoms with Gasteiger partial charge in [-0.05, 0) is 49.5 Å². The second-order valence-corrected chi connectivity index (χ2v) is 7.85. The second-order valence-electron chi connectivity index (χ2n) is 7.85. The van der Waals surface area contributed by atoms with Gasteiger partial charge in [-0.1, -0.05) is 30.3 Å². The standard InChI is InChI=1S/C24H22F3N3O2/c25-16-6-5-15(21(27)13-16)14-29-23(32)24(9-11-28-12-10-24)30-22(31)19-7-8-20(26)18-4-2-1-3-17(18)19/h1-8,13,28H,9-12,14H2,(H,29,32)(H,30,31). The van der Waals surface area contributed by atoms with E-state index in [2.05, 4.69) is 16.0 Å². The minimum Gasteiger partial charge on any atom is -0.350 e. The molecule has 3 N–H and O–H groups in total. The first-order valence-electron chi connectivity index (χ1n) is 10.3. The zero-order valence-corrected chi connectivity index (χ0v) is 17.2. The summed E-state index contributed by atoms with van der Waals surface area (Å²) in [5.74, 6) is -2.85. The van der Waals surface area contributed by atoms with Crippen molar-refractivity contribution in [3.05, 3.63) is 83.2 Å². The molecule has 0 radical (unpaired) electrons. The largest absolute Gasteiger partial charge is 0.350 e. The summed E-state index contributed by atoms with van der Waals surface area (Å²) in [5, 5.41) is 9.44. The van der Waals surface area contributed by atoms with Crippen LogP contribution in [0, 0.1) is 17.5 Å². The van der Waals surface area contributed by atoms with Crippen molar-refractivity contribution in [3.63, 3.8) is 0 Å². The summed E-state index contributed by atoms with van der Waals surface area (Å²) in [6.45, 7) is 0.862. The lowest BCUT2D eigenvalue weighted by molar-refractivity contribution is -0.128. The maximum atomic E-state index is 14.2. The van der Waals surface area contributed by atoms with E-state index in [1.165, 1.54) is 18.2 Å². The minimum absolute atomic E-state index is 0.139. The molecule has 3 aromatic rings. The molecular weight excluding hydrogens is 419 g/mol. The van der Waals surface area contributed by atoms with Crippen LogP contribution in [0.15, 0.2) is 54.6 Å². The Labute approximate surface area is 183 Å². The Hall–Kier alpha value is -3.39. The van der Waals surface area contributed by atoms with Crippen LogP contribution < -0.4 is 16.0 Å². The molecule has 0 aliphatic carbocycles. The molecule has 166 valence electrons. The predicted molar refractivity (Wildman–Crippen MR) is 114 cm³/mol. The fourth-order valence-electron chi connectivity index (χ4n) is 4.02. The Morgan fingerprint density at radius 3 is 2.34 bits per heavy atom. The summed E-state index contributed by atoms with van der Waals surface area (Å²) >= 11 is 0. The number of amides is 2. The molecule has 5 nitrogen and oxygen atoms in total. The van der Waals surface area contributed by atoms with Crippen molar-refractivity contribution in [1.29, 1.82) is 0 Å². The summed E-state index contributed by atoms with van der Waals surface area (Å²) in [6.07, 6.45) is 0.658. The van der Waals surface area contributed by atoms with E-state index in [-0.39, 0.29) is 17.7 Å². The maximum Gasteiger partial charge on any atom is 0.252 e. The third kappa shape index (κ3) is 4.31. The number of benzene rings is 3. The van der Waals surface area contributed by atoms with Gasteiger partial charge in [0, 0.05) is 29.1 Å². The minimum atomic E-state index is -1.21. The Morgan fingerprint density at radius 2 is 1.62 bits per heavy atom. The Morgan fingerprint density at radius 1 is 0.906 bits per heavy atom. The molecule has 0 spiro atoms. The molecule has 8 heteroatoms. The van der Waals surface area contributed by atoms with Gasteiger partial charge in [0.15, 0.2) is 0 Å². The molecule has 3 aromatic carbocycles. The van der Waals surface area contributed by atoms with Crippen LogP contribution >= 0.6 is 0 Å². The van der Waals surface area contributed by atoms with Crippen LogP contribution in [0.5, 0.6) is 0 Å². The average molecular weight is 441 g/mol. The number of hydrogen-bond acceptors (Lipinski definition) is 3. The zero-order valence-electron chi connectivity index (χ0n) is 17.2. The number of rotatable bonds is 5. The fourth-order valence-corrected chi connectivity index (χ4v) is 4.02. The smallest absolute Gasteiger partial charge is 0.252 e. The van der Waals surface area contributed by atoms with Crippen molar-refractivity contribution >= 4 is 22.6 Å². The molecule has 1 aliphatic rings. The number of fused-ring (bicyclic) bond motifs is 1. The molecule has 4 rings (SSSR count). The van der Waals surface area contributed by atoms with Crippen molar-refractivity contribution in [2.75, 3.05) is 13.1 Å². The van der Waals surface area contributed by atoms with E-state index in [1.807, 2.05) is 0 Å². The van der Waals surface area contributed by atoms with Gasteiger partial charge >= 0.3 is 0 Å². The monoisotopic (exact) mass is 441 g/mol. The average Bonchev–Trinajstić information content (AvgIpc) is 2.79. The summed E-state index contributed by atoms with van der Waals surface area (Å²) < 4.78 is 41.2. The van der Waals surface area contributed by atoms with E-state index in [4.69, 9.17) is 0 Å². The normalized spacial score (nSPS) is 15.3. The molecule has 2 amide bonds. The highest BCUT2D eigenvalue weighted by Gasteiger charge is 2.41. The van der Waals surface area contributed by atoms with Crippen LogP contribution in [0.25, 0.3) is 10.8 Å². The van der Waals surface area contributed by atoms with Gasteiger partial charge in [-0.25, -0.2) is 13.2 Å². The lowest BCUT2D eigenvalue weighted by Gasteiger charge is -2.37.